The van der Waals surface area contributed by atoms with Crippen LogP contribution in [0.15, 0.2) is 28.9 Å². The Morgan fingerprint density at radius 2 is 2.05 bits per heavy atom. The van der Waals surface area contributed by atoms with Gasteiger partial charge in [-0.15, -0.1) is 0 Å². The number of fused-ring (bicyclic) bond motifs is 1. The Labute approximate surface area is 128 Å². The lowest BCUT2D eigenvalue weighted by Gasteiger charge is -2.07. The molecular formula is C17H18O5. The van der Waals surface area contributed by atoms with Gasteiger partial charge in [-0.05, 0) is 30.5 Å². The number of rotatable bonds is 5. The molecule has 0 aromatic carbocycles. The normalized spacial score (nSPS) is 11.7. The molecule has 116 valence electrons. The van der Waals surface area contributed by atoms with E-state index < -0.39 is 11.9 Å². The Balaban J connectivity index is 2.63. The van der Waals surface area contributed by atoms with Crippen LogP contribution in [-0.2, 0) is 16.0 Å². The fraction of sp³-hybridized carbons (Fsp3) is 0.294. The van der Waals surface area contributed by atoms with Gasteiger partial charge in [-0.25, -0.2) is 4.79 Å². The van der Waals surface area contributed by atoms with Crippen LogP contribution in [0.5, 0.6) is 5.95 Å². The molecule has 0 spiro atoms. The van der Waals surface area contributed by atoms with E-state index >= 15 is 0 Å². The summed E-state index contributed by atoms with van der Waals surface area (Å²) < 4.78 is 10.3. The highest BCUT2D eigenvalue weighted by atomic mass is 16.6. The maximum atomic E-state index is 11.4. The minimum Gasteiger partial charge on any atom is -0.478 e. The summed E-state index contributed by atoms with van der Waals surface area (Å²) in [5, 5.41) is 9.36. The third-order valence-electron chi connectivity index (χ3n) is 3.37. The zero-order valence-electron chi connectivity index (χ0n) is 12.8. The molecule has 0 atom stereocenters. The molecule has 5 nitrogen and oxygen atoms in total. The smallest absolute Gasteiger partial charge is 0.335 e. The summed E-state index contributed by atoms with van der Waals surface area (Å²) in [6, 6.07) is 3.43. The summed E-state index contributed by atoms with van der Waals surface area (Å²) >= 11 is 0. The quantitative estimate of drug-likeness (QED) is 0.672. The molecule has 5 heteroatoms. The maximum Gasteiger partial charge on any atom is 0.335 e. The number of aliphatic carboxylic acids is 1. The van der Waals surface area contributed by atoms with E-state index in [2.05, 4.69) is 6.92 Å². The molecule has 1 heterocycles. The van der Waals surface area contributed by atoms with Crippen molar-refractivity contribution in [1.29, 1.82) is 0 Å². The number of allylic oxidation sites excluding steroid dienone is 1. The molecule has 1 aliphatic heterocycles. The van der Waals surface area contributed by atoms with E-state index in [4.69, 9.17) is 9.15 Å². The molecular weight excluding hydrogens is 284 g/mol. The number of hydrogen-bond donors (Lipinski definition) is 1. The lowest BCUT2D eigenvalue weighted by Crippen LogP contribution is -2.02. The monoisotopic (exact) mass is 302 g/mol. The second-order valence-electron chi connectivity index (χ2n) is 4.96. The van der Waals surface area contributed by atoms with Crippen LogP contribution in [0.25, 0.3) is 16.7 Å². The first-order valence-corrected chi connectivity index (χ1v) is 7.10. The van der Waals surface area contributed by atoms with Gasteiger partial charge in [0.2, 0.25) is 0 Å². The summed E-state index contributed by atoms with van der Waals surface area (Å²) in [5.74, 6) is -1.43. The summed E-state index contributed by atoms with van der Waals surface area (Å²) in [6.45, 7) is 5.02. The molecule has 0 aromatic heterocycles. The molecule has 2 aliphatic rings. The van der Waals surface area contributed by atoms with E-state index in [-0.39, 0.29) is 11.5 Å². The molecule has 0 unspecified atom stereocenters. The third kappa shape index (κ3) is 3.03. The van der Waals surface area contributed by atoms with Gasteiger partial charge >= 0.3 is 11.9 Å². The number of ether oxygens (including phenoxy) is 1. The zero-order valence-corrected chi connectivity index (χ0v) is 12.8. The molecule has 1 aliphatic carbocycles. The van der Waals surface area contributed by atoms with Crippen LogP contribution in [-0.4, -0.2) is 17.0 Å². The van der Waals surface area contributed by atoms with Crippen LogP contribution in [0.1, 0.15) is 38.3 Å². The van der Waals surface area contributed by atoms with Crippen LogP contribution in [0.2, 0.25) is 0 Å². The first-order chi connectivity index (χ1) is 10.5. The van der Waals surface area contributed by atoms with Crippen molar-refractivity contribution in [2.75, 3.05) is 0 Å². The molecule has 22 heavy (non-hydrogen) atoms. The van der Waals surface area contributed by atoms with Crippen LogP contribution in [0.4, 0.5) is 0 Å². The van der Waals surface area contributed by atoms with Crippen molar-refractivity contribution in [3.05, 3.63) is 35.6 Å². The van der Waals surface area contributed by atoms with Gasteiger partial charge in [-0.1, -0.05) is 19.4 Å². The molecule has 0 saturated carbocycles. The highest BCUT2D eigenvalue weighted by Crippen LogP contribution is 2.39. The van der Waals surface area contributed by atoms with Gasteiger partial charge in [-0.3, -0.25) is 4.79 Å². The predicted molar refractivity (Wildman–Crippen MR) is 81.9 cm³/mol. The Kier molecular flexibility index (Phi) is 4.65. The van der Waals surface area contributed by atoms with Crippen LogP contribution < -0.4 is 4.74 Å². The van der Waals surface area contributed by atoms with Gasteiger partial charge < -0.3 is 14.3 Å². The standard InChI is InChI=1S/C17H18O5/c1-4-6-11-7-13(12(5-2)17(19)20)14-8-16(22-10(3)18)21-9-15(11)14/h5,7-9H,4,6H2,1-3H3,(H,19,20). The van der Waals surface area contributed by atoms with Crippen molar-refractivity contribution in [1.82, 2.24) is 0 Å². The van der Waals surface area contributed by atoms with Gasteiger partial charge in [0.1, 0.15) is 6.26 Å². The Morgan fingerprint density at radius 3 is 2.59 bits per heavy atom. The summed E-state index contributed by atoms with van der Waals surface area (Å²) in [4.78, 5) is 22.5. The summed E-state index contributed by atoms with van der Waals surface area (Å²) in [6.07, 6.45) is 4.82. The lowest BCUT2D eigenvalue weighted by atomic mass is 10.0. The van der Waals surface area contributed by atoms with Gasteiger partial charge in [0.15, 0.2) is 0 Å². The van der Waals surface area contributed by atoms with Crippen molar-refractivity contribution in [2.45, 2.75) is 33.6 Å². The second-order valence-corrected chi connectivity index (χ2v) is 4.96. The Hall–Kier alpha value is -2.56. The number of carboxylic acids is 1. The van der Waals surface area contributed by atoms with Crippen molar-refractivity contribution in [3.63, 3.8) is 0 Å². The molecule has 0 saturated heterocycles. The topological polar surface area (TPSA) is 76.7 Å². The molecule has 1 N–H and O–H groups in total. The van der Waals surface area contributed by atoms with Gasteiger partial charge in [-0.2, -0.15) is 0 Å². The van der Waals surface area contributed by atoms with Crippen molar-refractivity contribution >= 4 is 17.5 Å². The number of esters is 1. The number of aryl methyl sites for hydroxylation is 1. The summed E-state index contributed by atoms with van der Waals surface area (Å²) in [7, 11) is 0. The highest BCUT2D eigenvalue weighted by Gasteiger charge is 2.23. The van der Waals surface area contributed by atoms with Gasteiger partial charge in [0.05, 0.1) is 5.57 Å². The molecule has 2 rings (SSSR count). The first kappa shape index (κ1) is 15.8. The van der Waals surface area contributed by atoms with E-state index in [1.54, 1.807) is 19.1 Å². The number of hydrogen-bond acceptors (Lipinski definition) is 4. The summed E-state index contributed by atoms with van der Waals surface area (Å²) in [5.41, 5.74) is 3.39. The van der Waals surface area contributed by atoms with E-state index in [0.29, 0.717) is 11.1 Å². The highest BCUT2D eigenvalue weighted by molar-refractivity contribution is 6.17. The zero-order chi connectivity index (χ0) is 16.3. The largest absolute Gasteiger partial charge is 0.478 e. The SMILES string of the molecule is CC=C(C(=O)O)c1cc(CCC)c2coc(OC(C)=O)cc1-2. The maximum absolute atomic E-state index is 11.4. The molecule has 0 amide bonds. The van der Waals surface area contributed by atoms with Crippen molar-refractivity contribution in [2.24, 2.45) is 0 Å². The van der Waals surface area contributed by atoms with Crippen LogP contribution in [0.3, 0.4) is 0 Å². The minimum atomic E-state index is -0.993. The van der Waals surface area contributed by atoms with Gasteiger partial charge in [0, 0.05) is 24.1 Å². The third-order valence-corrected chi connectivity index (χ3v) is 3.37. The number of carboxylic acid groups (broad SMARTS) is 1. The fourth-order valence-electron chi connectivity index (χ4n) is 2.50. The van der Waals surface area contributed by atoms with Crippen LogP contribution in [0, 0.1) is 0 Å². The van der Waals surface area contributed by atoms with E-state index in [1.165, 1.54) is 13.2 Å². The van der Waals surface area contributed by atoms with E-state index in [1.807, 2.05) is 6.07 Å². The average molecular weight is 302 g/mol. The lowest BCUT2D eigenvalue weighted by molar-refractivity contribution is -0.133. The molecule has 0 radical (unpaired) electrons. The van der Waals surface area contributed by atoms with E-state index in [9.17, 15) is 14.7 Å². The predicted octanol–water partition coefficient (Wildman–Crippen LogP) is 3.75. The Morgan fingerprint density at radius 1 is 1.32 bits per heavy atom. The fourth-order valence-corrected chi connectivity index (χ4v) is 2.50. The van der Waals surface area contributed by atoms with Gasteiger partial charge in [0.25, 0.3) is 5.95 Å². The Bertz CT molecular complexity index is 708. The first-order valence-electron chi connectivity index (χ1n) is 7.10. The second kappa shape index (κ2) is 6.47. The van der Waals surface area contributed by atoms with Crippen molar-refractivity contribution < 1.29 is 23.8 Å². The minimum absolute atomic E-state index is 0.0516. The van der Waals surface area contributed by atoms with E-state index in [0.717, 1.165) is 24.0 Å². The molecule has 0 aromatic rings. The van der Waals surface area contributed by atoms with Crippen LogP contribution >= 0.6 is 0 Å². The van der Waals surface area contributed by atoms with Crippen molar-refractivity contribution in [3.8, 4) is 17.1 Å². The molecule has 0 fully saturated rings. The number of carbonyl (C=O) groups excluding carboxylic acids is 1. The molecule has 0 bridgehead atoms. The average Bonchev–Trinajstić information content (AvgIpc) is 2.77. The number of carbonyl (C=O) groups is 2.